The van der Waals surface area contributed by atoms with Crippen molar-refractivity contribution in [3.05, 3.63) is 69.5 Å². The van der Waals surface area contributed by atoms with Crippen LogP contribution in [0.4, 0.5) is 18.9 Å². The Morgan fingerprint density at radius 3 is 2.43 bits per heavy atom. The van der Waals surface area contributed by atoms with Crippen molar-refractivity contribution in [2.75, 3.05) is 0 Å². The van der Waals surface area contributed by atoms with Gasteiger partial charge in [-0.05, 0) is 36.2 Å². The number of nitrogens with zero attached hydrogens (tertiary/aromatic N) is 1. The lowest BCUT2D eigenvalue weighted by Crippen LogP contribution is -2.11. The molecule has 2 rings (SSSR count). The molecule has 23 heavy (non-hydrogen) atoms. The number of aryl methyl sites for hydroxylation is 1. The Kier molecular flexibility index (Phi) is 4.95. The van der Waals surface area contributed by atoms with Gasteiger partial charge >= 0.3 is 11.7 Å². The van der Waals surface area contributed by atoms with Crippen LogP contribution in [0.3, 0.4) is 0 Å². The largest absolute Gasteiger partial charge is 0.419 e. The van der Waals surface area contributed by atoms with Crippen molar-refractivity contribution >= 4 is 11.7 Å². The molecule has 0 N–H and O–H groups in total. The van der Waals surface area contributed by atoms with E-state index < -0.39 is 39.8 Å². The van der Waals surface area contributed by atoms with Gasteiger partial charge in [0.1, 0.15) is 17.5 Å². The predicted octanol–water partition coefficient (Wildman–Crippen LogP) is 3.55. The fourth-order valence-electron chi connectivity index (χ4n) is 1.87. The molecule has 0 atom stereocenters. The van der Waals surface area contributed by atoms with Gasteiger partial charge in [0.25, 0.3) is 0 Å². The number of ether oxygens (including phenoxy) is 1. The topological polar surface area (TPSA) is 69.4 Å². The van der Waals surface area contributed by atoms with E-state index in [9.17, 15) is 28.1 Å². The highest BCUT2D eigenvalue weighted by molar-refractivity contribution is 5.74. The quantitative estimate of drug-likeness (QED) is 0.365. The zero-order chi connectivity index (χ0) is 17.0. The second-order valence-electron chi connectivity index (χ2n) is 4.58. The Labute approximate surface area is 128 Å². The molecule has 0 aliphatic carbocycles. The van der Waals surface area contributed by atoms with Crippen LogP contribution in [0, 0.1) is 27.6 Å². The van der Waals surface area contributed by atoms with E-state index in [1.165, 1.54) is 0 Å². The van der Waals surface area contributed by atoms with Crippen molar-refractivity contribution < 1.29 is 27.6 Å². The van der Waals surface area contributed by atoms with E-state index in [2.05, 4.69) is 0 Å². The van der Waals surface area contributed by atoms with Gasteiger partial charge in [-0.15, -0.1) is 0 Å². The summed E-state index contributed by atoms with van der Waals surface area (Å²) in [5, 5.41) is 10.8. The molecule has 0 aliphatic heterocycles. The van der Waals surface area contributed by atoms with Crippen molar-refractivity contribution in [3.63, 3.8) is 0 Å². The van der Waals surface area contributed by atoms with Crippen LogP contribution in [-0.2, 0) is 11.2 Å². The summed E-state index contributed by atoms with van der Waals surface area (Å²) in [5.41, 5.74) is -0.604. The molecular formula is C15H10F3NO4. The van der Waals surface area contributed by atoms with Crippen LogP contribution in [-0.4, -0.2) is 10.9 Å². The Hall–Kier alpha value is -2.90. The molecule has 5 nitrogen and oxygen atoms in total. The number of carbonyl (C=O) groups is 1. The molecule has 0 bridgehead atoms. The monoisotopic (exact) mass is 325 g/mol. The van der Waals surface area contributed by atoms with Gasteiger partial charge in [-0.1, -0.05) is 0 Å². The van der Waals surface area contributed by atoms with E-state index >= 15 is 0 Å². The van der Waals surface area contributed by atoms with Gasteiger partial charge in [-0.3, -0.25) is 14.9 Å². The van der Waals surface area contributed by atoms with Gasteiger partial charge in [0.05, 0.1) is 11.3 Å². The fourth-order valence-corrected chi connectivity index (χ4v) is 1.87. The molecule has 120 valence electrons. The van der Waals surface area contributed by atoms with Crippen LogP contribution < -0.4 is 4.74 Å². The summed E-state index contributed by atoms with van der Waals surface area (Å²) in [7, 11) is 0. The third-order valence-corrected chi connectivity index (χ3v) is 2.95. The molecule has 0 amide bonds. The summed E-state index contributed by atoms with van der Waals surface area (Å²) in [4.78, 5) is 21.6. The third-order valence-electron chi connectivity index (χ3n) is 2.95. The molecular weight excluding hydrogens is 315 g/mol. The number of hydrogen-bond donors (Lipinski definition) is 0. The molecule has 0 unspecified atom stereocenters. The summed E-state index contributed by atoms with van der Waals surface area (Å²) < 4.78 is 44.3. The zero-order valence-electron chi connectivity index (χ0n) is 11.6. The lowest BCUT2D eigenvalue weighted by molar-refractivity contribution is -0.385. The minimum absolute atomic E-state index is 0.0318. The molecule has 2 aromatic rings. The highest BCUT2D eigenvalue weighted by Crippen LogP contribution is 2.28. The van der Waals surface area contributed by atoms with Crippen molar-refractivity contribution in [1.29, 1.82) is 0 Å². The van der Waals surface area contributed by atoms with E-state index in [0.29, 0.717) is 6.07 Å². The van der Waals surface area contributed by atoms with Gasteiger partial charge < -0.3 is 4.74 Å². The van der Waals surface area contributed by atoms with Crippen LogP contribution >= 0.6 is 0 Å². The minimum atomic E-state index is -0.928. The molecule has 0 spiro atoms. The molecule has 0 aromatic heterocycles. The molecule has 0 saturated carbocycles. The van der Waals surface area contributed by atoms with E-state index in [1.54, 1.807) is 0 Å². The summed E-state index contributed by atoms with van der Waals surface area (Å²) in [6, 6.07) is 5.23. The first-order valence-electron chi connectivity index (χ1n) is 6.45. The standard InChI is InChI=1S/C15H10F3NO4/c16-10-2-4-12(18)9(7-10)1-6-15(20)23-14-8-11(17)3-5-13(14)19(21)22/h2-5,7-8H,1,6H2. The number of rotatable bonds is 5. The molecule has 0 saturated heterocycles. The van der Waals surface area contributed by atoms with Crippen LogP contribution in [0.25, 0.3) is 0 Å². The Morgan fingerprint density at radius 2 is 1.74 bits per heavy atom. The second kappa shape index (κ2) is 6.91. The van der Waals surface area contributed by atoms with Crippen molar-refractivity contribution in [2.24, 2.45) is 0 Å². The first-order valence-corrected chi connectivity index (χ1v) is 6.45. The molecule has 8 heteroatoms. The van der Waals surface area contributed by atoms with E-state index in [4.69, 9.17) is 4.74 Å². The maximum Gasteiger partial charge on any atom is 0.311 e. The number of nitro benzene ring substituents is 1. The van der Waals surface area contributed by atoms with Gasteiger partial charge in [0.15, 0.2) is 0 Å². The average molecular weight is 325 g/mol. The van der Waals surface area contributed by atoms with Gasteiger partial charge in [-0.25, -0.2) is 13.2 Å². The highest BCUT2D eigenvalue weighted by atomic mass is 19.1. The lowest BCUT2D eigenvalue weighted by Gasteiger charge is -2.06. The third kappa shape index (κ3) is 4.29. The van der Waals surface area contributed by atoms with Crippen LogP contribution in [0.1, 0.15) is 12.0 Å². The second-order valence-corrected chi connectivity index (χ2v) is 4.58. The van der Waals surface area contributed by atoms with E-state index in [0.717, 1.165) is 30.3 Å². The van der Waals surface area contributed by atoms with Gasteiger partial charge in [0, 0.05) is 12.1 Å². The minimum Gasteiger partial charge on any atom is -0.419 e. The maximum atomic E-state index is 13.4. The first-order chi connectivity index (χ1) is 10.9. The number of hydrogen-bond acceptors (Lipinski definition) is 4. The number of esters is 1. The van der Waals surface area contributed by atoms with Crippen LogP contribution in [0.15, 0.2) is 36.4 Å². The average Bonchev–Trinajstić information content (AvgIpc) is 2.48. The normalized spacial score (nSPS) is 10.4. The van der Waals surface area contributed by atoms with E-state index in [1.807, 2.05) is 0 Å². The molecule has 2 aromatic carbocycles. The van der Waals surface area contributed by atoms with Crippen molar-refractivity contribution in [2.45, 2.75) is 12.8 Å². The van der Waals surface area contributed by atoms with Gasteiger partial charge in [0.2, 0.25) is 5.75 Å². The number of carbonyl (C=O) groups excluding carboxylic acids is 1. The molecule has 0 fully saturated rings. The van der Waals surface area contributed by atoms with Crippen molar-refractivity contribution in [1.82, 2.24) is 0 Å². The highest BCUT2D eigenvalue weighted by Gasteiger charge is 2.19. The SMILES string of the molecule is O=C(CCc1cc(F)ccc1F)Oc1cc(F)ccc1[N+](=O)[O-]. The number of benzene rings is 2. The Bertz CT molecular complexity index is 764. The van der Waals surface area contributed by atoms with E-state index in [-0.39, 0.29) is 18.4 Å². The first kappa shape index (κ1) is 16.5. The van der Waals surface area contributed by atoms with Crippen LogP contribution in [0.2, 0.25) is 0 Å². The smallest absolute Gasteiger partial charge is 0.311 e. The summed E-state index contributed by atoms with van der Waals surface area (Å²) in [5.74, 6) is -3.62. The van der Waals surface area contributed by atoms with Crippen LogP contribution in [0.5, 0.6) is 5.75 Å². The summed E-state index contributed by atoms with van der Waals surface area (Å²) in [6.07, 6.45) is -0.514. The number of nitro groups is 1. The maximum absolute atomic E-state index is 13.4. The Morgan fingerprint density at radius 1 is 1.09 bits per heavy atom. The van der Waals surface area contributed by atoms with Gasteiger partial charge in [-0.2, -0.15) is 0 Å². The zero-order valence-corrected chi connectivity index (χ0v) is 11.6. The Balaban J connectivity index is 2.07. The summed E-state index contributed by atoms with van der Waals surface area (Å²) >= 11 is 0. The predicted molar refractivity (Wildman–Crippen MR) is 73.4 cm³/mol. The van der Waals surface area contributed by atoms with Crippen molar-refractivity contribution in [3.8, 4) is 5.75 Å². The number of halogens is 3. The molecule has 0 radical (unpaired) electrons. The fraction of sp³-hybridized carbons (Fsp3) is 0.133. The molecule has 0 aliphatic rings. The summed E-state index contributed by atoms with van der Waals surface area (Å²) in [6.45, 7) is 0. The lowest BCUT2D eigenvalue weighted by atomic mass is 10.1. The molecule has 0 heterocycles.